The van der Waals surface area contributed by atoms with Gasteiger partial charge in [0.1, 0.15) is 6.26 Å². The molecule has 1 atom stereocenters. The van der Waals surface area contributed by atoms with Crippen LogP contribution >= 0.6 is 0 Å². The van der Waals surface area contributed by atoms with Crippen LogP contribution in [-0.2, 0) is 16.1 Å². The van der Waals surface area contributed by atoms with Crippen molar-refractivity contribution in [2.45, 2.75) is 0 Å². The van der Waals surface area contributed by atoms with Crippen molar-refractivity contribution in [1.29, 1.82) is 0 Å². The van der Waals surface area contributed by atoms with Gasteiger partial charge >= 0.3 is 0 Å². The van der Waals surface area contributed by atoms with Crippen LogP contribution < -0.4 is 4.89 Å². The molecular weight excluding hydrogens is 118 g/mol. The lowest BCUT2D eigenvalue weighted by Gasteiger charge is -2.02. The monoisotopic (exact) mass is 122 g/mol. The van der Waals surface area contributed by atoms with E-state index in [1.807, 2.05) is 0 Å². The van der Waals surface area contributed by atoms with Crippen molar-refractivity contribution in [3.8, 4) is 0 Å². The van der Waals surface area contributed by atoms with E-state index in [1.54, 1.807) is 4.89 Å². The predicted octanol–water partition coefficient (Wildman–Crippen LogP) is -0.555. The summed E-state index contributed by atoms with van der Waals surface area (Å²) in [7, 11) is 0. The van der Waals surface area contributed by atoms with Gasteiger partial charge in [0.05, 0.1) is 11.3 Å². The highest BCUT2D eigenvalue weighted by molar-refractivity contribution is 7.76. The summed E-state index contributed by atoms with van der Waals surface area (Å²) >= 11 is -2.36. The molecular formula is C2H4NO3S-. The molecule has 0 rings (SSSR count). The van der Waals surface area contributed by atoms with E-state index in [9.17, 15) is 8.76 Å². The molecule has 7 heavy (non-hydrogen) atoms. The topological polar surface area (TPSA) is 61.4 Å². The molecule has 5 heteroatoms. The normalized spacial score (nSPS) is 12.7. The van der Waals surface area contributed by atoms with Gasteiger partial charge in [-0.25, -0.2) is 0 Å². The molecule has 0 saturated carbocycles. The van der Waals surface area contributed by atoms with E-state index in [0.29, 0.717) is 0 Å². The maximum atomic E-state index is 9.47. The van der Waals surface area contributed by atoms with Gasteiger partial charge in [-0.3, -0.25) is 4.21 Å². The summed E-state index contributed by atoms with van der Waals surface area (Å²) in [6, 6.07) is 0. The van der Waals surface area contributed by atoms with Gasteiger partial charge in [0, 0.05) is 0 Å². The summed E-state index contributed by atoms with van der Waals surface area (Å²) in [5.41, 5.74) is 0. The lowest BCUT2D eigenvalue weighted by molar-refractivity contribution is 0.199. The first-order chi connectivity index (χ1) is 3.27. The van der Waals surface area contributed by atoms with E-state index in [1.165, 1.54) is 0 Å². The van der Waals surface area contributed by atoms with Crippen LogP contribution in [0.1, 0.15) is 0 Å². The van der Waals surface area contributed by atoms with Gasteiger partial charge in [0.2, 0.25) is 0 Å². The van der Waals surface area contributed by atoms with Crippen LogP contribution in [0.25, 0.3) is 0 Å². The molecule has 0 aromatic carbocycles. The highest BCUT2D eigenvalue weighted by Gasteiger charge is 1.70. The molecule has 0 amide bonds. The lowest BCUT2D eigenvalue weighted by atomic mass is 11.2. The molecule has 42 valence electrons. The highest BCUT2D eigenvalue weighted by atomic mass is 32.2. The number of nitrogens with one attached hydrogen (secondary N) is 1. The Balaban J connectivity index is 2.97. The molecule has 0 spiro atoms. The third-order valence-corrected chi connectivity index (χ3v) is 0.432. The van der Waals surface area contributed by atoms with Crippen LogP contribution in [0.2, 0.25) is 0 Å². The van der Waals surface area contributed by atoms with Gasteiger partial charge < -0.3 is 9.39 Å². The van der Waals surface area contributed by atoms with Crippen LogP contribution in [0.4, 0.5) is 0 Å². The van der Waals surface area contributed by atoms with E-state index >= 15 is 0 Å². The number of hydrogen-bond acceptors (Lipinski definition) is 3. The van der Waals surface area contributed by atoms with Gasteiger partial charge in [-0.15, -0.1) is 0 Å². The minimum atomic E-state index is -2.36. The van der Waals surface area contributed by atoms with Crippen molar-refractivity contribution in [2.75, 3.05) is 0 Å². The van der Waals surface area contributed by atoms with Crippen LogP contribution in [0.15, 0.2) is 12.8 Å². The zero-order chi connectivity index (χ0) is 5.70. The first kappa shape index (κ1) is 6.61. The van der Waals surface area contributed by atoms with Crippen LogP contribution in [0.5, 0.6) is 0 Å². The summed E-state index contributed by atoms with van der Waals surface area (Å²) in [6.45, 7) is 3.07. The molecule has 0 radical (unpaired) electrons. The quantitative estimate of drug-likeness (QED) is 0.310. The van der Waals surface area contributed by atoms with E-state index in [-0.39, 0.29) is 0 Å². The summed E-state index contributed by atoms with van der Waals surface area (Å²) in [5, 5.41) is 0. The Morgan fingerprint density at radius 1 is 2.00 bits per heavy atom. The average Bonchev–Trinajstić information content (AvgIpc) is 1.61. The van der Waals surface area contributed by atoms with Crippen molar-refractivity contribution in [3.05, 3.63) is 12.8 Å². The Morgan fingerprint density at radius 2 is 2.57 bits per heavy atom. The Kier molecular flexibility index (Phi) is 3.58. The van der Waals surface area contributed by atoms with Gasteiger partial charge in [-0.2, -0.15) is 0 Å². The molecule has 0 aromatic heterocycles. The molecule has 0 aliphatic rings. The largest absolute Gasteiger partial charge is 0.758 e. The second-order valence-corrected chi connectivity index (χ2v) is 1.24. The van der Waals surface area contributed by atoms with Crippen molar-refractivity contribution in [1.82, 2.24) is 4.89 Å². The third-order valence-electron chi connectivity index (χ3n) is 0.199. The van der Waals surface area contributed by atoms with Crippen LogP contribution in [-0.4, -0.2) is 8.76 Å². The summed E-state index contributed by atoms with van der Waals surface area (Å²) in [4.78, 5) is 5.59. The molecule has 1 unspecified atom stereocenters. The first-order valence-corrected chi connectivity index (χ1v) is 2.46. The predicted molar refractivity (Wildman–Crippen MR) is 23.3 cm³/mol. The SMILES string of the molecule is C=CONS(=O)[O-]. The van der Waals surface area contributed by atoms with Gasteiger partial charge in [0.25, 0.3) is 0 Å². The Hall–Kier alpha value is -0.390. The van der Waals surface area contributed by atoms with E-state index in [0.717, 1.165) is 6.26 Å². The molecule has 0 saturated heterocycles. The molecule has 4 nitrogen and oxygen atoms in total. The minimum absolute atomic E-state index is 0.968. The minimum Gasteiger partial charge on any atom is -0.758 e. The Morgan fingerprint density at radius 3 is 2.71 bits per heavy atom. The van der Waals surface area contributed by atoms with Gasteiger partial charge in [-0.1, -0.05) is 11.5 Å². The molecule has 0 aliphatic carbocycles. The molecule has 0 aromatic rings. The second-order valence-electron chi connectivity index (χ2n) is 0.603. The number of hydrogen-bond donors (Lipinski definition) is 1. The van der Waals surface area contributed by atoms with E-state index in [4.69, 9.17) is 0 Å². The zero-order valence-electron chi connectivity index (χ0n) is 3.42. The maximum absolute atomic E-state index is 9.47. The third kappa shape index (κ3) is 5.61. The van der Waals surface area contributed by atoms with Gasteiger partial charge in [-0.05, 0) is 0 Å². The van der Waals surface area contributed by atoms with Crippen LogP contribution in [0, 0.1) is 0 Å². The maximum Gasteiger partial charge on any atom is 0.105 e. The van der Waals surface area contributed by atoms with Crippen molar-refractivity contribution >= 4 is 11.3 Å². The summed E-state index contributed by atoms with van der Waals surface area (Å²) < 4.78 is 18.9. The molecule has 0 heterocycles. The molecule has 1 N–H and O–H groups in total. The highest BCUT2D eigenvalue weighted by Crippen LogP contribution is 1.64. The Labute approximate surface area is 43.5 Å². The molecule has 0 fully saturated rings. The molecule has 0 aliphatic heterocycles. The standard InChI is InChI=1S/C2H5NO3S/c1-2-6-3-7(4)5/h2-3H,1H2,(H,4,5)/p-1. The summed E-state index contributed by atoms with van der Waals surface area (Å²) in [5.74, 6) is 0. The van der Waals surface area contributed by atoms with E-state index < -0.39 is 11.3 Å². The molecule has 0 bridgehead atoms. The summed E-state index contributed by atoms with van der Waals surface area (Å²) in [6.07, 6.45) is 0.968. The van der Waals surface area contributed by atoms with Crippen molar-refractivity contribution in [2.24, 2.45) is 0 Å². The van der Waals surface area contributed by atoms with E-state index in [2.05, 4.69) is 11.4 Å². The average molecular weight is 122 g/mol. The smallest absolute Gasteiger partial charge is 0.105 e. The second kappa shape index (κ2) is 3.79. The van der Waals surface area contributed by atoms with Crippen LogP contribution in [0.3, 0.4) is 0 Å². The first-order valence-electron chi connectivity index (χ1n) is 1.39. The fourth-order valence-electron chi connectivity index (χ4n) is 0.0733. The van der Waals surface area contributed by atoms with Crippen molar-refractivity contribution < 1.29 is 13.6 Å². The van der Waals surface area contributed by atoms with Crippen molar-refractivity contribution in [3.63, 3.8) is 0 Å². The fourth-order valence-corrected chi connectivity index (χ4v) is 0.220. The zero-order valence-corrected chi connectivity index (χ0v) is 4.23. The Bertz CT molecular complexity index is 83.0. The van der Waals surface area contributed by atoms with Gasteiger partial charge in [0.15, 0.2) is 0 Å². The fraction of sp³-hybridized carbons (Fsp3) is 0. The lowest BCUT2D eigenvalue weighted by Crippen LogP contribution is -2.12. The number of rotatable bonds is 3.